The molecule has 0 amide bonds. The maximum absolute atomic E-state index is 10.6. The predicted octanol–water partition coefficient (Wildman–Crippen LogP) is 1.06. The van der Waals surface area contributed by atoms with E-state index in [-0.39, 0.29) is 12.0 Å². The average Bonchev–Trinajstić information content (AvgIpc) is 2.44. The standard InChI is InChI=1S/C10H11NO/c11-10-8(6-12)5-7-3-1-2-4-9(7)10/h1-4,6,8,10H,5,11H2/t8-,10+/m1/s1. The molecule has 2 nitrogen and oxygen atoms in total. The molecule has 1 aromatic carbocycles. The minimum Gasteiger partial charge on any atom is -0.323 e. The monoisotopic (exact) mass is 161 g/mol. The summed E-state index contributed by atoms with van der Waals surface area (Å²) in [6.07, 6.45) is 1.77. The van der Waals surface area contributed by atoms with Crippen LogP contribution in [-0.2, 0) is 11.2 Å². The fourth-order valence-electron chi connectivity index (χ4n) is 1.79. The number of aldehydes is 1. The first-order valence-electron chi connectivity index (χ1n) is 4.11. The zero-order valence-electron chi connectivity index (χ0n) is 6.73. The van der Waals surface area contributed by atoms with Gasteiger partial charge in [-0.15, -0.1) is 0 Å². The van der Waals surface area contributed by atoms with Crippen LogP contribution in [-0.4, -0.2) is 6.29 Å². The lowest BCUT2D eigenvalue weighted by Crippen LogP contribution is -2.17. The molecular formula is C10H11NO. The number of carbonyl (C=O) groups is 1. The van der Waals surface area contributed by atoms with E-state index in [1.807, 2.05) is 24.3 Å². The summed E-state index contributed by atoms with van der Waals surface area (Å²) in [6, 6.07) is 7.91. The van der Waals surface area contributed by atoms with Gasteiger partial charge >= 0.3 is 0 Å². The first kappa shape index (κ1) is 7.50. The highest BCUT2D eigenvalue weighted by Crippen LogP contribution is 2.32. The third-order valence-corrected chi connectivity index (χ3v) is 2.51. The van der Waals surface area contributed by atoms with E-state index < -0.39 is 0 Å². The number of hydrogen-bond acceptors (Lipinski definition) is 2. The molecule has 2 heteroatoms. The molecular weight excluding hydrogens is 150 g/mol. The van der Waals surface area contributed by atoms with Crippen molar-refractivity contribution in [1.82, 2.24) is 0 Å². The second-order valence-electron chi connectivity index (χ2n) is 3.23. The van der Waals surface area contributed by atoms with E-state index in [9.17, 15) is 4.79 Å². The van der Waals surface area contributed by atoms with E-state index in [2.05, 4.69) is 0 Å². The van der Waals surface area contributed by atoms with E-state index in [0.717, 1.165) is 18.3 Å². The highest BCUT2D eigenvalue weighted by molar-refractivity contribution is 5.59. The smallest absolute Gasteiger partial charge is 0.125 e. The molecule has 0 radical (unpaired) electrons. The molecule has 0 aromatic heterocycles. The van der Waals surface area contributed by atoms with Crippen molar-refractivity contribution < 1.29 is 4.79 Å². The second-order valence-corrected chi connectivity index (χ2v) is 3.23. The van der Waals surface area contributed by atoms with Crippen molar-refractivity contribution in [2.45, 2.75) is 12.5 Å². The summed E-state index contributed by atoms with van der Waals surface area (Å²) in [7, 11) is 0. The zero-order valence-corrected chi connectivity index (χ0v) is 6.73. The normalized spacial score (nSPS) is 26.8. The first-order valence-corrected chi connectivity index (χ1v) is 4.11. The quantitative estimate of drug-likeness (QED) is 0.626. The van der Waals surface area contributed by atoms with Crippen molar-refractivity contribution >= 4 is 6.29 Å². The summed E-state index contributed by atoms with van der Waals surface area (Å²) >= 11 is 0. The molecule has 1 aromatic rings. The predicted molar refractivity (Wildman–Crippen MR) is 46.6 cm³/mol. The third kappa shape index (κ3) is 0.959. The fraction of sp³-hybridized carbons (Fsp3) is 0.300. The SMILES string of the molecule is N[C@@H]1c2ccccc2C[C@@H]1C=O. The van der Waals surface area contributed by atoms with Gasteiger partial charge in [-0.25, -0.2) is 0 Å². The van der Waals surface area contributed by atoms with E-state index >= 15 is 0 Å². The van der Waals surface area contributed by atoms with Gasteiger partial charge in [-0.1, -0.05) is 24.3 Å². The van der Waals surface area contributed by atoms with E-state index in [4.69, 9.17) is 5.73 Å². The van der Waals surface area contributed by atoms with Crippen molar-refractivity contribution in [3.8, 4) is 0 Å². The Labute approximate surface area is 71.4 Å². The molecule has 62 valence electrons. The van der Waals surface area contributed by atoms with Gasteiger partial charge in [0.2, 0.25) is 0 Å². The van der Waals surface area contributed by atoms with Crippen LogP contribution in [0.4, 0.5) is 0 Å². The van der Waals surface area contributed by atoms with Crippen LogP contribution < -0.4 is 5.73 Å². The summed E-state index contributed by atoms with van der Waals surface area (Å²) in [5, 5.41) is 0. The molecule has 2 rings (SSSR count). The van der Waals surface area contributed by atoms with Gasteiger partial charge in [-0.05, 0) is 17.5 Å². The van der Waals surface area contributed by atoms with Gasteiger partial charge in [-0.3, -0.25) is 0 Å². The molecule has 0 fully saturated rings. The molecule has 12 heavy (non-hydrogen) atoms. The van der Waals surface area contributed by atoms with Gasteiger partial charge in [0.05, 0.1) is 0 Å². The van der Waals surface area contributed by atoms with Crippen LogP contribution >= 0.6 is 0 Å². The Morgan fingerprint density at radius 1 is 1.42 bits per heavy atom. The van der Waals surface area contributed by atoms with Crippen molar-refractivity contribution in [2.24, 2.45) is 11.7 Å². The Morgan fingerprint density at radius 3 is 2.83 bits per heavy atom. The van der Waals surface area contributed by atoms with E-state index in [1.165, 1.54) is 5.56 Å². The highest BCUT2D eigenvalue weighted by Gasteiger charge is 2.28. The Balaban J connectivity index is 2.41. The van der Waals surface area contributed by atoms with Crippen molar-refractivity contribution in [3.05, 3.63) is 35.4 Å². The molecule has 1 aliphatic rings. The molecule has 2 atom stereocenters. The molecule has 0 bridgehead atoms. The summed E-state index contributed by atoms with van der Waals surface area (Å²) in [5.74, 6) is -0.0117. The first-order chi connectivity index (χ1) is 5.83. The fourth-order valence-corrected chi connectivity index (χ4v) is 1.79. The minimum absolute atomic E-state index is 0.0117. The van der Waals surface area contributed by atoms with Crippen LogP contribution in [0.2, 0.25) is 0 Å². The second kappa shape index (κ2) is 2.72. The number of benzene rings is 1. The molecule has 0 heterocycles. The van der Waals surface area contributed by atoms with Crippen molar-refractivity contribution in [1.29, 1.82) is 0 Å². The number of hydrogen-bond donors (Lipinski definition) is 1. The van der Waals surface area contributed by atoms with E-state index in [0.29, 0.717) is 0 Å². The lowest BCUT2D eigenvalue weighted by atomic mass is 10.0. The topological polar surface area (TPSA) is 43.1 Å². The number of carbonyl (C=O) groups excluding carboxylic acids is 1. The van der Waals surface area contributed by atoms with Gasteiger partial charge in [0.1, 0.15) is 6.29 Å². The van der Waals surface area contributed by atoms with Gasteiger partial charge in [-0.2, -0.15) is 0 Å². The maximum atomic E-state index is 10.6. The van der Waals surface area contributed by atoms with Crippen molar-refractivity contribution in [3.63, 3.8) is 0 Å². The molecule has 0 saturated heterocycles. The van der Waals surface area contributed by atoms with Crippen LogP contribution in [0.5, 0.6) is 0 Å². The lowest BCUT2D eigenvalue weighted by Gasteiger charge is -2.07. The van der Waals surface area contributed by atoms with Crippen LogP contribution in [0, 0.1) is 5.92 Å². The molecule has 0 aliphatic heterocycles. The van der Waals surface area contributed by atoms with Gasteiger partial charge in [0, 0.05) is 12.0 Å². The molecule has 0 unspecified atom stereocenters. The van der Waals surface area contributed by atoms with Crippen LogP contribution in [0.25, 0.3) is 0 Å². The van der Waals surface area contributed by atoms with Crippen LogP contribution in [0.3, 0.4) is 0 Å². The molecule has 1 aliphatic carbocycles. The summed E-state index contributed by atoms with van der Waals surface area (Å²) < 4.78 is 0. The zero-order chi connectivity index (χ0) is 8.55. The summed E-state index contributed by atoms with van der Waals surface area (Å²) in [6.45, 7) is 0. The van der Waals surface area contributed by atoms with Gasteiger partial charge in [0.25, 0.3) is 0 Å². The Hall–Kier alpha value is -1.15. The summed E-state index contributed by atoms with van der Waals surface area (Å²) in [5.41, 5.74) is 8.23. The minimum atomic E-state index is -0.0845. The third-order valence-electron chi connectivity index (χ3n) is 2.51. The van der Waals surface area contributed by atoms with Gasteiger partial charge in [0.15, 0.2) is 0 Å². The molecule has 0 saturated carbocycles. The summed E-state index contributed by atoms with van der Waals surface area (Å²) in [4.78, 5) is 10.6. The van der Waals surface area contributed by atoms with Crippen LogP contribution in [0.1, 0.15) is 17.2 Å². The Bertz CT molecular complexity index is 308. The lowest BCUT2D eigenvalue weighted by molar-refractivity contribution is -0.111. The maximum Gasteiger partial charge on any atom is 0.125 e. The van der Waals surface area contributed by atoms with E-state index in [1.54, 1.807) is 0 Å². The molecule has 2 N–H and O–H groups in total. The highest BCUT2D eigenvalue weighted by atomic mass is 16.1. The Kier molecular flexibility index (Phi) is 1.70. The van der Waals surface area contributed by atoms with Gasteiger partial charge < -0.3 is 10.5 Å². The number of nitrogens with two attached hydrogens (primary N) is 1. The largest absolute Gasteiger partial charge is 0.323 e. The number of rotatable bonds is 1. The molecule has 0 spiro atoms. The van der Waals surface area contributed by atoms with Crippen LogP contribution in [0.15, 0.2) is 24.3 Å². The Morgan fingerprint density at radius 2 is 2.17 bits per heavy atom. The number of fused-ring (bicyclic) bond motifs is 1. The average molecular weight is 161 g/mol. The van der Waals surface area contributed by atoms with Crippen molar-refractivity contribution in [2.75, 3.05) is 0 Å².